The minimum absolute atomic E-state index is 0.0343. The van der Waals surface area contributed by atoms with E-state index in [0.29, 0.717) is 24.3 Å². The van der Waals surface area contributed by atoms with E-state index in [1.165, 1.54) is 18.2 Å². The molecule has 0 fully saturated rings. The number of hydrogen-bond acceptors (Lipinski definition) is 5. The largest absolute Gasteiger partial charge is 0.397 e. The predicted molar refractivity (Wildman–Crippen MR) is 77.6 cm³/mol. The maximum atomic E-state index is 11.3. The zero-order valence-electron chi connectivity index (χ0n) is 11.1. The maximum absolute atomic E-state index is 11.3. The van der Waals surface area contributed by atoms with Gasteiger partial charge in [0.05, 0.1) is 22.0 Å². The van der Waals surface area contributed by atoms with Gasteiger partial charge in [-0.1, -0.05) is 0 Å². The Morgan fingerprint density at radius 1 is 1.35 bits per heavy atom. The van der Waals surface area contributed by atoms with Crippen LogP contribution < -0.4 is 16.2 Å². The van der Waals surface area contributed by atoms with Crippen molar-refractivity contribution in [1.29, 1.82) is 0 Å². The van der Waals surface area contributed by atoms with Gasteiger partial charge in [0.1, 0.15) is 0 Å². The Morgan fingerprint density at radius 3 is 2.70 bits per heavy atom. The summed E-state index contributed by atoms with van der Waals surface area (Å²) < 4.78 is 24.3. The molecule has 5 N–H and O–H groups in total. The number of anilines is 2. The predicted octanol–water partition coefficient (Wildman–Crippen LogP) is 0.304. The van der Waals surface area contributed by atoms with E-state index in [9.17, 15) is 8.42 Å². The summed E-state index contributed by atoms with van der Waals surface area (Å²) in [7, 11) is -1.88. The Balaban J connectivity index is 2.05. The molecule has 0 saturated carbocycles. The van der Waals surface area contributed by atoms with Gasteiger partial charge in [-0.25, -0.2) is 13.6 Å². The van der Waals surface area contributed by atoms with Gasteiger partial charge in [0.2, 0.25) is 10.0 Å². The van der Waals surface area contributed by atoms with Crippen molar-refractivity contribution in [2.75, 3.05) is 17.6 Å². The summed E-state index contributed by atoms with van der Waals surface area (Å²) in [5.74, 6) is 0. The lowest BCUT2D eigenvalue weighted by Gasteiger charge is -2.10. The maximum Gasteiger partial charge on any atom is 0.238 e. The van der Waals surface area contributed by atoms with Crippen LogP contribution >= 0.6 is 0 Å². The zero-order chi connectivity index (χ0) is 14.8. The minimum atomic E-state index is -3.73. The number of aryl methyl sites for hydroxylation is 1. The Bertz CT molecular complexity index is 708. The van der Waals surface area contributed by atoms with Crippen molar-refractivity contribution in [2.24, 2.45) is 12.2 Å². The number of primary sulfonamides is 1. The van der Waals surface area contributed by atoms with Gasteiger partial charge in [-0.15, -0.1) is 0 Å². The molecule has 0 radical (unpaired) electrons. The third-order valence-electron chi connectivity index (χ3n) is 2.82. The first kappa shape index (κ1) is 14.4. The molecule has 0 spiro atoms. The molecule has 0 bridgehead atoms. The highest BCUT2D eigenvalue weighted by molar-refractivity contribution is 7.89. The first-order valence-electron chi connectivity index (χ1n) is 6.01. The van der Waals surface area contributed by atoms with Crippen molar-refractivity contribution in [3.63, 3.8) is 0 Å². The molecule has 1 aromatic carbocycles. The lowest BCUT2D eigenvalue weighted by atomic mass is 10.2. The fraction of sp³-hybridized carbons (Fsp3) is 0.250. The van der Waals surface area contributed by atoms with Crippen molar-refractivity contribution in [2.45, 2.75) is 11.3 Å². The topological polar surface area (TPSA) is 116 Å². The summed E-state index contributed by atoms with van der Waals surface area (Å²) in [6.07, 6.45) is 2.57. The van der Waals surface area contributed by atoms with Crippen molar-refractivity contribution in [3.8, 4) is 0 Å². The monoisotopic (exact) mass is 295 g/mol. The molecule has 0 amide bonds. The summed E-state index contributed by atoms with van der Waals surface area (Å²) in [4.78, 5) is 0.0343. The third-order valence-corrected chi connectivity index (χ3v) is 3.73. The average molecular weight is 295 g/mol. The van der Waals surface area contributed by atoms with Crippen LogP contribution in [0.5, 0.6) is 0 Å². The van der Waals surface area contributed by atoms with E-state index in [0.717, 1.165) is 5.69 Å². The van der Waals surface area contributed by atoms with Crippen LogP contribution in [-0.4, -0.2) is 24.7 Å². The van der Waals surface area contributed by atoms with Crippen LogP contribution in [0.1, 0.15) is 5.69 Å². The van der Waals surface area contributed by atoms with E-state index in [1.54, 1.807) is 4.68 Å². The second-order valence-electron chi connectivity index (χ2n) is 4.45. The van der Waals surface area contributed by atoms with Crippen LogP contribution in [-0.2, 0) is 23.5 Å². The van der Waals surface area contributed by atoms with E-state index in [2.05, 4.69) is 10.4 Å². The lowest BCUT2D eigenvalue weighted by Crippen LogP contribution is -2.14. The fourth-order valence-corrected chi connectivity index (χ4v) is 2.33. The van der Waals surface area contributed by atoms with E-state index >= 15 is 0 Å². The van der Waals surface area contributed by atoms with Crippen LogP contribution in [0, 0.1) is 0 Å². The molecule has 0 aliphatic rings. The summed E-state index contributed by atoms with van der Waals surface area (Å²) in [5, 5.41) is 12.4. The number of nitrogen functional groups attached to an aromatic ring is 1. The molecular formula is C12H17N5O2S. The van der Waals surface area contributed by atoms with Crippen molar-refractivity contribution < 1.29 is 8.42 Å². The van der Waals surface area contributed by atoms with Gasteiger partial charge < -0.3 is 11.1 Å². The molecule has 0 aliphatic heterocycles. The first-order valence-corrected chi connectivity index (χ1v) is 7.55. The molecule has 20 heavy (non-hydrogen) atoms. The lowest BCUT2D eigenvalue weighted by molar-refractivity contribution is 0.598. The first-order chi connectivity index (χ1) is 9.36. The fourth-order valence-electron chi connectivity index (χ4n) is 1.79. The second-order valence-corrected chi connectivity index (χ2v) is 6.01. The normalized spacial score (nSPS) is 11.5. The van der Waals surface area contributed by atoms with E-state index in [4.69, 9.17) is 10.9 Å². The Labute approximate surface area is 117 Å². The van der Waals surface area contributed by atoms with Gasteiger partial charge >= 0.3 is 0 Å². The van der Waals surface area contributed by atoms with E-state index in [-0.39, 0.29) is 4.90 Å². The molecule has 1 aromatic heterocycles. The minimum Gasteiger partial charge on any atom is -0.397 e. The molecule has 0 unspecified atom stereocenters. The number of rotatable bonds is 5. The second kappa shape index (κ2) is 5.51. The summed E-state index contributed by atoms with van der Waals surface area (Å²) in [6.45, 7) is 0.593. The molecule has 2 rings (SSSR count). The molecule has 0 aliphatic carbocycles. The standard InChI is InChI=1S/C12H17N5O2S/c1-17-7-5-9(16-17)4-6-15-12-8-10(20(14,18)19)2-3-11(12)13/h2-3,5,7-8,15H,4,6,13H2,1H3,(H2,14,18,19). The number of hydrogen-bond donors (Lipinski definition) is 3. The Kier molecular flexibility index (Phi) is 3.96. The number of nitrogens with two attached hydrogens (primary N) is 2. The summed E-state index contributed by atoms with van der Waals surface area (Å²) >= 11 is 0. The van der Waals surface area contributed by atoms with E-state index < -0.39 is 10.0 Å². The summed E-state index contributed by atoms with van der Waals surface area (Å²) in [5.41, 5.74) is 7.76. The molecule has 8 heteroatoms. The van der Waals surface area contributed by atoms with Gasteiger partial charge in [-0.05, 0) is 24.3 Å². The van der Waals surface area contributed by atoms with Crippen molar-refractivity contribution in [1.82, 2.24) is 9.78 Å². The number of sulfonamides is 1. The highest BCUT2D eigenvalue weighted by Crippen LogP contribution is 2.22. The van der Waals surface area contributed by atoms with Crippen molar-refractivity contribution >= 4 is 21.4 Å². The van der Waals surface area contributed by atoms with Gasteiger partial charge in [-0.2, -0.15) is 5.10 Å². The SMILES string of the molecule is Cn1ccc(CCNc2cc(S(N)(=O)=O)ccc2N)n1. The van der Waals surface area contributed by atoms with Crippen molar-refractivity contribution in [3.05, 3.63) is 36.2 Å². The quantitative estimate of drug-likeness (QED) is 0.686. The molecule has 0 saturated heterocycles. The number of benzene rings is 1. The molecule has 1 heterocycles. The third kappa shape index (κ3) is 3.49. The molecule has 0 atom stereocenters. The number of nitrogens with zero attached hydrogens (tertiary/aromatic N) is 2. The molecule has 7 nitrogen and oxygen atoms in total. The van der Waals surface area contributed by atoms with Gasteiger partial charge in [0.15, 0.2) is 0 Å². The van der Waals surface area contributed by atoms with E-state index in [1.807, 2.05) is 19.3 Å². The highest BCUT2D eigenvalue weighted by atomic mass is 32.2. The van der Waals surface area contributed by atoms with Gasteiger partial charge in [0.25, 0.3) is 0 Å². The summed E-state index contributed by atoms with van der Waals surface area (Å²) in [6, 6.07) is 6.26. The molecule has 108 valence electrons. The van der Waals surface area contributed by atoms with Crippen LogP contribution in [0.4, 0.5) is 11.4 Å². The van der Waals surface area contributed by atoms with Gasteiger partial charge in [0, 0.05) is 26.2 Å². The number of aromatic nitrogens is 2. The smallest absolute Gasteiger partial charge is 0.238 e. The number of nitrogens with one attached hydrogen (secondary N) is 1. The zero-order valence-corrected chi connectivity index (χ0v) is 11.9. The average Bonchev–Trinajstić information content (AvgIpc) is 2.76. The highest BCUT2D eigenvalue weighted by Gasteiger charge is 2.10. The Morgan fingerprint density at radius 2 is 2.10 bits per heavy atom. The molecular weight excluding hydrogens is 278 g/mol. The molecule has 2 aromatic rings. The van der Waals surface area contributed by atoms with Crippen LogP contribution in [0.25, 0.3) is 0 Å². The van der Waals surface area contributed by atoms with Gasteiger partial charge in [-0.3, -0.25) is 4.68 Å². The van der Waals surface area contributed by atoms with Crippen LogP contribution in [0.15, 0.2) is 35.4 Å². The van der Waals surface area contributed by atoms with Crippen LogP contribution in [0.3, 0.4) is 0 Å². The Hall–Kier alpha value is -2.06. The van der Waals surface area contributed by atoms with Crippen LogP contribution in [0.2, 0.25) is 0 Å².